The van der Waals surface area contributed by atoms with E-state index in [0.29, 0.717) is 69.6 Å². The Labute approximate surface area is 444 Å². The number of likely N-dealkylation sites (tertiary alicyclic amines) is 1. The van der Waals surface area contributed by atoms with Gasteiger partial charge in [-0.2, -0.15) is 0 Å². The van der Waals surface area contributed by atoms with Crippen LogP contribution in [0.5, 0.6) is 5.88 Å². The second-order valence-corrected chi connectivity index (χ2v) is 22.8. The SMILES string of the molecule is COc1ncc(-c2ccnc(N3CCn4c(cc5c4CC(C)(C)C5)C3=O)c2CO)cc1Nc1ccc(N2CCN(C3CCN(c4ccc5c(c4)C(=O)N(C4CCC(=O)N(C(C)OP(=O)(O)O)C4=O)C5=O)CC3)C[C@@H]2C)cn1. The molecule has 3 fully saturated rings. The number of carbonyl (C=O) groups is 5. The van der Waals surface area contributed by atoms with Gasteiger partial charge in [0.25, 0.3) is 23.6 Å². The Hall–Kier alpha value is -7.07. The van der Waals surface area contributed by atoms with Crippen molar-refractivity contribution >= 4 is 66.1 Å². The number of hydrogen-bond acceptors (Lipinski definition) is 16. The average molecular weight is 1070 g/mol. The molecule has 0 bridgehead atoms. The molecular formula is C54H62N11O11P. The Bertz CT molecular complexity index is 3260. The molecule has 3 saturated heterocycles. The summed E-state index contributed by atoms with van der Waals surface area (Å²) in [4.78, 5) is 110. The number of imide groups is 2. The Morgan fingerprint density at radius 1 is 0.831 bits per heavy atom. The number of phosphoric acid groups is 1. The van der Waals surface area contributed by atoms with Gasteiger partial charge in [0.15, 0.2) is 0 Å². The lowest BCUT2D eigenvalue weighted by Gasteiger charge is -2.46. The molecule has 22 nitrogen and oxygen atoms in total. The van der Waals surface area contributed by atoms with Crippen molar-refractivity contribution in [2.75, 3.05) is 66.4 Å². The predicted molar refractivity (Wildman–Crippen MR) is 283 cm³/mol. The quantitative estimate of drug-likeness (QED) is 0.0882. The molecule has 0 saturated carbocycles. The van der Waals surface area contributed by atoms with E-state index in [4.69, 9.17) is 9.72 Å². The third kappa shape index (κ3) is 9.64. The molecule has 4 aromatic heterocycles. The fourth-order valence-corrected chi connectivity index (χ4v) is 12.9. The van der Waals surface area contributed by atoms with Crippen molar-refractivity contribution in [1.29, 1.82) is 0 Å². The molecule has 0 radical (unpaired) electrons. The number of piperidine rings is 2. The minimum atomic E-state index is -5.06. The van der Waals surface area contributed by atoms with Gasteiger partial charge in [-0.1, -0.05) is 13.8 Å². The van der Waals surface area contributed by atoms with Crippen molar-refractivity contribution in [2.24, 2.45) is 5.41 Å². The molecule has 1 aromatic carbocycles. The highest BCUT2D eigenvalue weighted by molar-refractivity contribution is 7.46. The zero-order chi connectivity index (χ0) is 54.2. The van der Waals surface area contributed by atoms with Crippen LogP contribution < -0.4 is 24.8 Å². The normalized spacial score (nSPS) is 21.5. The van der Waals surface area contributed by atoms with Gasteiger partial charge < -0.3 is 39.3 Å². The number of pyridine rings is 3. The molecule has 0 spiro atoms. The number of rotatable bonds is 13. The van der Waals surface area contributed by atoms with Crippen LogP contribution in [0.15, 0.2) is 67.1 Å². The topological polar surface area (TPSA) is 257 Å². The van der Waals surface area contributed by atoms with Gasteiger partial charge in [-0.05, 0) is 111 Å². The van der Waals surface area contributed by atoms with E-state index in [1.54, 1.807) is 42.6 Å². The number of nitrogens with zero attached hydrogens (tertiary/aromatic N) is 10. The molecule has 3 atom stereocenters. The first kappa shape index (κ1) is 52.0. The third-order valence-electron chi connectivity index (χ3n) is 16.1. The third-order valence-corrected chi connectivity index (χ3v) is 16.6. The maximum Gasteiger partial charge on any atom is 0.471 e. The zero-order valence-corrected chi connectivity index (χ0v) is 44.5. The summed E-state index contributed by atoms with van der Waals surface area (Å²) >= 11 is 0. The number of amides is 5. The number of aromatic nitrogens is 4. The summed E-state index contributed by atoms with van der Waals surface area (Å²) in [6.45, 7) is 12.6. The van der Waals surface area contributed by atoms with E-state index in [-0.39, 0.29) is 47.9 Å². The number of aliphatic hydroxyl groups excluding tert-OH is 1. The molecule has 5 aliphatic heterocycles. The standard InChI is InChI=1S/C54H62N11O11P/c1-31-29-60(35-13-16-59(17-14-35)36-6-8-39-40(24-36)51(69)65(50(39)68)43-9-11-47(67)64(53(43)71)32(2)76-77(72,73)74)18-19-61(31)37-7-10-46(56-28-37)58-42-22-34(27-57-49(42)75-5)38-12-15-55-48(41(38)30-66)63-21-20-62-44(52(63)70)23-33-25-54(3,4)26-45(33)62/h6-8,10,12,15,22-24,27-28,31-32,35,43,66H,9,11,13-14,16-21,25-26,29-30H2,1-5H3,(H,56,58)(H2,72,73,74)/t31-,32?,43?/m0/s1. The molecule has 5 amide bonds. The maximum atomic E-state index is 14.0. The first-order chi connectivity index (χ1) is 36.8. The lowest BCUT2D eigenvalue weighted by atomic mass is 9.90. The van der Waals surface area contributed by atoms with Crippen LogP contribution in [0, 0.1) is 5.41 Å². The van der Waals surface area contributed by atoms with Crippen LogP contribution in [-0.4, -0.2) is 149 Å². The minimum absolute atomic E-state index is 0.118. The van der Waals surface area contributed by atoms with Gasteiger partial charge in [0.1, 0.15) is 35.3 Å². The number of methoxy groups -OCH3 is 1. The number of nitrogens with one attached hydrogen (secondary N) is 1. The molecule has 11 rings (SSSR count). The summed E-state index contributed by atoms with van der Waals surface area (Å²) in [6.07, 6.45) is 6.89. The van der Waals surface area contributed by atoms with E-state index in [9.17, 15) is 43.4 Å². The molecule has 77 heavy (non-hydrogen) atoms. The second-order valence-electron chi connectivity index (χ2n) is 21.6. The van der Waals surface area contributed by atoms with E-state index in [1.807, 2.05) is 36.5 Å². The number of fused-ring (bicyclic) bond motifs is 4. The Morgan fingerprint density at radius 3 is 2.31 bits per heavy atom. The first-order valence-electron chi connectivity index (χ1n) is 26.1. The summed E-state index contributed by atoms with van der Waals surface area (Å²) in [5.41, 5.74) is 7.87. The Kier molecular flexibility index (Phi) is 13.5. The van der Waals surface area contributed by atoms with Crippen LogP contribution in [0.3, 0.4) is 0 Å². The van der Waals surface area contributed by atoms with Gasteiger partial charge in [-0.15, -0.1) is 0 Å². The molecule has 1 aliphatic carbocycles. The summed E-state index contributed by atoms with van der Waals surface area (Å²) in [7, 11) is -3.51. The van der Waals surface area contributed by atoms with Crippen molar-refractivity contribution in [2.45, 2.75) is 104 Å². The van der Waals surface area contributed by atoms with Crippen molar-refractivity contribution < 1.29 is 52.7 Å². The Balaban J connectivity index is 0.702. The van der Waals surface area contributed by atoms with E-state index in [2.05, 4.69) is 59.8 Å². The molecule has 5 aromatic rings. The number of benzene rings is 1. The van der Waals surface area contributed by atoms with Crippen LogP contribution >= 0.6 is 7.82 Å². The monoisotopic (exact) mass is 1070 g/mol. The summed E-state index contributed by atoms with van der Waals surface area (Å²) in [5.74, 6) is -1.76. The van der Waals surface area contributed by atoms with Crippen molar-refractivity contribution in [1.82, 2.24) is 34.2 Å². The smallest absolute Gasteiger partial charge is 0.471 e. The number of anilines is 5. The van der Waals surface area contributed by atoms with Crippen LogP contribution in [0.1, 0.15) is 101 Å². The highest BCUT2D eigenvalue weighted by Crippen LogP contribution is 2.43. The highest BCUT2D eigenvalue weighted by atomic mass is 31.2. The van der Waals surface area contributed by atoms with Crippen LogP contribution in [-0.2, 0) is 44.7 Å². The van der Waals surface area contributed by atoms with Gasteiger partial charge in [0.05, 0.1) is 36.7 Å². The molecule has 4 N–H and O–H groups in total. The van der Waals surface area contributed by atoms with Gasteiger partial charge >= 0.3 is 7.82 Å². The highest BCUT2D eigenvalue weighted by Gasteiger charge is 2.49. The molecule has 404 valence electrons. The van der Waals surface area contributed by atoms with E-state index >= 15 is 0 Å². The molecule has 9 heterocycles. The Morgan fingerprint density at radius 2 is 1.60 bits per heavy atom. The fourth-order valence-electron chi connectivity index (χ4n) is 12.4. The number of piperazine rings is 1. The lowest BCUT2D eigenvalue weighted by molar-refractivity contribution is -0.161. The van der Waals surface area contributed by atoms with Gasteiger partial charge in [0.2, 0.25) is 11.8 Å². The van der Waals surface area contributed by atoms with Crippen molar-refractivity contribution in [3.05, 3.63) is 101 Å². The first-order valence-corrected chi connectivity index (χ1v) is 27.6. The van der Waals surface area contributed by atoms with E-state index < -0.39 is 43.7 Å². The van der Waals surface area contributed by atoms with Crippen LogP contribution in [0.25, 0.3) is 11.1 Å². The minimum Gasteiger partial charge on any atom is -0.480 e. The van der Waals surface area contributed by atoms with Gasteiger partial charge in [-0.3, -0.25) is 48.1 Å². The lowest BCUT2D eigenvalue weighted by Crippen LogP contribution is -2.58. The predicted octanol–water partition coefficient (Wildman–Crippen LogP) is 5.12. The van der Waals surface area contributed by atoms with Crippen LogP contribution in [0.2, 0.25) is 0 Å². The number of phosphoric ester groups is 1. The average Bonchev–Trinajstić information content (AvgIpc) is 3.99. The number of hydrogen-bond donors (Lipinski definition) is 4. The van der Waals surface area contributed by atoms with E-state index in [1.165, 1.54) is 11.3 Å². The largest absolute Gasteiger partial charge is 0.480 e. The van der Waals surface area contributed by atoms with Gasteiger partial charge in [-0.25, -0.2) is 19.5 Å². The summed E-state index contributed by atoms with van der Waals surface area (Å²) < 4.78 is 23.9. The van der Waals surface area contributed by atoms with Gasteiger partial charge in [0, 0.05) is 99.2 Å². The molecule has 23 heteroatoms. The number of aliphatic hydroxyl groups is 1. The fraction of sp³-hybridized carbons (Fsp3) is 0.444. The number of ether oxygens (including phenoxy) is 1. The second kappa shape index (κ2) is 20.1. The van der Waals surface area contributed by atoms with Crippen molar-refractivity contribution in [3.63, 3.8) is 0 Å². The van der Waals surface area contributed by atoms with Crippen LogP contribution in [0.4, 0.5) is 28.7 Å². The zero-order valence-electron chi connectivity index (χ0n) is 43.6. The maximum absolute atomic E-state index is 14.0. The van der Waals surface area contributed by atoms with Crippen molar-refractivity contribution in [3.8, 4) is 17.0 Å². The molecule has 2 unspecified atom stereocenters. The molecule has 6 aliphatic rings. The van der Waals surface area contributed by atoms with E-state index in [0.717, 1.165) is 81.6 Å². The number of carbonyl (C=O) groups excluding carboxylic acids is 5. The summed E-state index contributed by atoms with van der Waals surface area (Å²) in [6, 6.07) is 14.0. The molecular weight excluding hydrogens is 1010 g/mol. The summed E-state index contributed by atoms with van der Waals surface area (Å²) in [5, 5.41) is 14.2.